The molecule has 30 heavy (non-hydrogen) atoms. The molecule has 0 atom stereocenters. The standard InChI is InChI=1S/C19H19N3O7S/c1-25-12-3-5-14(16(9-12)26-2)19-21-18(29-22-19)11-20-30(23,24)13-4-6-15-17(10-13)28-8-7-27-15/h3-6,9-10,20H,7-8,11H2,1-2H3. The fraction of sp³-hybridized carbons (Fsp3) is 0.263. The summed E-state index contributed by atoms with van der Waals surface area (Å²) in [6, 6.07) is 9.57. The third-order valence-electron chi connectivity index (χ3n) is 4.36. The second-order valence-electron chi connectivity index (χ2n) is 6.21. The van der Waals surface area contributed by atoms with Gasteiger partial charge in [-0.05, 0) is 24.3 Å². The second-order valence-corrected chi connectivity index (χ2v) is 7.97. The smallest absolute Gasteiger partial charge is 0.242 e. The van der Waals surface area contributed by atoms with E-state index in [9.17, 15) is 8.42 Å². The normalized spacial score (nSPS) is 13.1. The number of rotatable bonds is 7. The molecular weight excluding hydrogens is 414 g/mol. The van der Waals surface area contributed by atoms with Gasteiger partial charge in [-0.3, -0.25) is 0 Å². The minimum absolute atomic E-state index is 0.0447. The molecule has 1 aliphatic rings. The molecule has 2 heterocycles. The first-order valence-corrected chi connectivity index (χ1v) is 10.4. The van der Waals surface area contributed by atoms with Crippen molar-refractivity contribution in [2.24, 2.45) is 0 Å². The number of fused-ring (bicyclic) bond motifs is 1. The third kappa shape index (κ3) is 4.02. The minimum atomic E-state index is -3.82. The van der Waals surface area contributed by atoms with E-state index in [0.717, 1.165) is 0 Å². The molecular formula is C19H19N3O7S. The predicted octanol–water partition coefficient (Wildman–Crippen LogP) is 2.00. The molecule has 11 heteroatoms. The number of nitrogens with one attached hydrogen (secondary N) is 1. The molecule has 4 rings (SSSR count). The molecule has 0 amide bonds. The van der Waals surface area contributed by atoms with Gasteiger partial charge in [-0.15, -0.1) is 0 Å². The van der Waals surface area contributed by atoms with Crippen LogP contribution in [0.1, 0.15) is 5.89 Å². The number of ether oxygens (including phenoxy) is 4. The lowest BCUT2D eigenvalue weighted by atomic mass is 10.2. The molecule has 0 bridgehead atoms. The van der Waals surface area contributed by atoms with Crippen LogP contribution in [0.15, 0.2) is 45.8 Å². The van der Waals surface area contributed by atoms with Crippen LogP contribution in [-0.4, -0.2) is 46.0 Å². The van der Waals surface area contributed by atoms with Crippen LogP contribution in [-0.2, 0) is 16.6 Å². The number of methoxy groups -OCH3 is 2. The van der Waals surface area contributed by atoms with Gasteiger partial charge in [0.15, 0.2) is 11.5 Å². The Bertz CT molecular complexity index is 1160. The van der Waals surface area contributed by atoms with Crippen molar-refractivity contribution in [2.75, 3.05) is 27.4 Å². The van der Waals surface area contributed by atoms with E-state index in [1.54, 1.807) is 31.4 Å². The first-order chi connectivity index (χ1) is 14.5. The third-order valence-corrected chi connectivity index (χ3v) is 5.75. The fourth-order valence-corrected chi connectivity index (χ4v) is 3.84. The van der Waals surface area contributed by atoms with Crippen LogP contribution in [0.2, 0.25) is 0 Å². The van der Waals surface area contributed by atoms with Crippen molar-refractivity contribution in [1.29, 1.82) is 0 Å². The maximum Gasteiger partial charge on any atom is 0.242 e. The van der Waals surface area contributed by atoms with Crippen LogP contribution in [0.25, 0.3) is 11.4 Å². The van der Waals surface area contributed by atoms with Gasteiger partial charge in [-0.2, -0.15) is 4.98 Å². The Morgan fingerprint density at radius 3 is 2.60 bits per heavy atom. The molecule has 0 aliphatic carbocycles. The van der Waals surface area contributed by atoms with Crippen LogP contribution < -0.4 is 23.7 Å². The summed E-state index contributed by atoms with van der Waals surface area (Å²) in [7, 11) is -0.759. The zero-order chi connectivity index (χ0) is 21.1. The summed E-state index contributed by atoms with van der Waals surface area (Å²) >= 11 is 0. The van der Waals surface area contributed by atoms with Gasteiger partial charge >= 0.3 is 0 Å². The lowest BCUT2D eigenvalue weighted by Crippen LogP contribution is -2.24. The van der Waals surface area contributed by atoms with Crippen LogP contribution in [0.3, 0.4) is 0 Å². The van der Waals surface area contributed by atoms with Crippen LogP contribution >= 0.6 is 0 Å². The summed E-state index contributed by atoms with van der Waals surface area (Å²) in [4.78, 5) is 4.29. The molecule has 0 saturated heterocycles. The van der Waals surface area contributed by atoms with E-state index in [0.29, 0.717) is 41.8 Å². The summed E-state index contributed by atoms with van der Waals surface area (Å²) in [5, 5.41) is 3.90. The number of hydrogen-bond acceptors (Lipinski definition) is 9. The molecule has 0 spiro atoms. The monoisotopic (exact) mass is 433 g/mol. The molecule has 1 aromatic heterocycles. The van der Waals surface area contributed by atoms with E-state index in [1.807, 2.05) is 0 Å². The molecule has 0 fully saturated rings. The maximum absolute atomic E-state index is 12.6. The first-order valence-electron chi connectivity index (χ1n) is 8.94. The van der Waals surface area contributed by atoms with Crippen molar-refractivity contribution in [2.45, 2.75) is 11.4 Å². The molecule has 1 aliphatic heterocycles. The van der Waals surface area contributed by atoms with E-state index < -0.39 is 10.0 Å². The molecule has 158 valence electrons. The second kappa shape index (κ2) is 8.20. The minimum Gasteiger partial charge on any atom is -0.497 e. The number of hydrogen-bond donors (Lipinski definition) is 1. The van der Waals surface area contributed by atoms with Crippen molar-refractivity contribution in [3.05, 3.63) is 42.3 Å². The van der Waals surface area contributed by atoms with Crippen molar-refractivity contribution in [1.82, 2.24) is 14.9 Å². The maximum atomic E-state index is 12.6. The molecule has 0 saturated carbocycles. The summed E-state index contributed by atoms with van der Waals surface area (Å²) in [6.07, 6.45) is 0. The summed E-state index contributed by atoms with van der Waals surface area (Å²) in [5.41, 5.74) is 0.586. The van der Waals surface area contributed by atoms with E-state index in [2.05, 4.69) is 14.9 Å². The van der Waals surface area contributed by atoms with E-state index in [4.69, 9.17) is 23.5 Å². The van der Waals surface area contributed by atoms with Gasteiger partial charge < -0.3 is 23.5 Å². The van der Waals surface area contributed by atoms with Gasteiger partial charge in [-0.25, -0.2) is 13.1 Å². The molecule has 1 N–H and O–H groups in total. The Hall–Kier alpha value is -3.31. The average molecular weight is 433 g/mol. The topological polar surface area (TPSA) is 122 Å². The highest BCUT2D eigenvalue weighted by Crippen LogP contribution is 2.33. The Labute approximate surface area is 172 Å². The number of nitrogens with zero attached hydrogens (tertiary/aromatic N) is 2. The summed E-state index contributed by atoms with van der Waals surface area (Å²) < 4.78 is 54.2. The average Bonchev–Trinajstić information content (AvgIpc) is 3.26. The highest BCUT2D eigenvalue weighted by Gasteiger charge is 2.21. The Balaban J connectivity index is 1.49. The van der Waals surface area contributed by atoms with E-state index >= 15 is 0 Å². The highest BCUT2D eigenvalue weighted by molar-refractivity contribution is 7.89. The lowest BCUT2D eigenvalue weighted by Gasteiger charge is -2.18. The van der Waals surface area contributed by atoms with Gasteiger partial charge in [0.05, 0.1) is 31.2 Å². The zero-order valence-electron chi connectivity index (χ0n) is 16.2. The number of sulfonamides is 1. The predicted molar refractivity (Wildman–Crippen MR) is 104 cm³/mol. The van der Waals surface area contributed by atoms with Gasteiger partial charge in [0.1, 0.15) is 24.7 Å². The van der Waals surface area contributed by atoms with E-state index in [-0.39, 0.29) is 23.2 Å². The number of benzene rings is 2. The molecule has 10 nitrogen and oxygen atoms in total. The SMILES string of the molecule is COc1ccc(-c2noc(CNS(=O)(=O)c3ccc4c(c3)OCCO4)n2)c(OC)c1. The molecule has 3 aromatic rings. The first kappa shape index (κ1) is 20.0. The van der Waals surface area contributed by atoms with Crippen molar-refractivity contribution in [3.8, 4) is 34.4 Å². The molecule has 0 radical (unpaired) electrons. The quantitative estimate of drug-likeness (QED) is 0.596. The van der Waals surface area contributed by atoms with Crippen LogP contribution in [0.4, 0.5) is 0 Å². The Morgan fingerprint density at radius 1 is 1.03 bits per heavy atom. The van der Waals surface area contributed by atoms with Gasteiger partial charge in [0.2, 0.25) is 21.7 Å². The fourth-order valence-electron chi connectivity index (χ4n) is 2.85. The van der Waals surface area contributed by atoms with Crippen molar-refractivity contribution < 1.29 is 31.9 Å². The zero-order valence-corrected chi connectivity index (χ0v) is 17.1. The highest BCUT2D eigenvalue weighted by atomic mass is 32.2. The van der Waals surface area contributed by atoms with Crippen molar-refractivity contribution >= 4 is 10.0 Å². The molecule has 0 unspecified atom stereocenters. The largest absolute Gasteiger partial charge is 0.497 e. The van der Waals surface area contributed by atoms with Crippen LogP contribution in [0, 0.1) is 0 Å². The van der Waals surface area contributed by atoms with Gasteiger partial charge in [0.25, 0.3) is 0 Å². The van der Waals surface area contributed by atoms with Gasteiger partial charge in [0, 0.05) is 12.1 Å². The van der Waals surface area contributed by atoms with Crippen LogP contribution in [0.5, 0.6) is 23.0 Å². The lowest BCUT2D eigenvalue weighted by molar-refractivity contribution is 0.171. The summed E-state index contributed by atoms with van der Waals surface area (Å²) in [6.45, 7) is 0.613. The Kier molecular flexibility index (Phi) is 5.46. The van der Waals surface area contributed by atoms with E-state index in [1.165, 1.54) is 19.2 Å². The Morgan fingerprint density at radius 2 is 1.83 bits per heavy atom. The number of aromatic nitrogens is 2. The summed E-state index contributed by atoms with van der Waals surface area (Å²) in [5.74, 6) is 2.38. The van der Waals surface area contributed by atoms with Gasteiger partial charge in [-0.1, -0.05) is 5.16 Å². The molecule has 2 aromatic carbocycles. The van der Waals surface area contributed by atoms with Crippen molar-refractivity contribution in [3.63, 3.8) is 0 Å².